The van der Waals surface area contributed by atoms with E-state index >= 15 is 0 Å². The Balaban J connectivity index is 2.17. The van der Waals surface area contributed by atoms with Crippen molar-refractivity contribution in [3.63, 3.8) is 0 Å². The summed E-state index contributed by atoms with van der Waals surface area (Å²) in [4.78, 5) is 15.5. The van der Waals surface area contributed by atoms with Gasteiger partial charge in [-0.1, -0.05) is 6.07 Å². The summed E-state index contributed by atoms with van der Waals surface area (Å²) in [5, 5.41) is 9.95. The number of fused-ring (bicyclic) bond motifs is 1. The van der Waals surface area contributed by atoms with Gasteiger partial charge in [0.2, 0.25) is 0 Å². The van der Waals surface area contributed by atoms with Gasteiger partial charge in [0.05, 0.1) is 36.5 Å². The maximum absolute atomic E-state index is 11.3. The SMILES string of the molecule is CCOC(=O)C[C@H](O)c1ccc2c(c1)ncn2C. The first-order valence-electron chi connectivity index (χ1n) is 5.86. The molecule has 0 spiro atoms. The number of rotatable bonds is 4. The lowest BCUT2D eigenvalue weighted by molar-refractivity contribution is -0.145. The molecule has 0 fully saturated rings. The van der Waals surface area contributed by atoms with E-state index in [1.165, 1.54) is 0 Å². The van der Waals surface area contributed by atoms with Crippen molar-refractivity contribution < 1.29 is 14.6 Å². The summed E-state index contributed by atoms with van der Waals surface area (Å²) in [5.74, 6) is -0.397. The molecule has 0 radical (unpaired) electrons. The van der Waals surface area contributed by atoms with Crippen LogP contribution in [0.5, 0.6) is 0 Å². The molecule has 0 aliphatic rings. The molecule has 2 aromatic rings. The maximum Gasteiger partial charge on any atom is 0.308 e. The number of esters is 1. The third-order valence-corrected chi connectivity index (χ3v) is 2.80. The van der Waals surface area contributed by atoms with E-state index in [4.69, 9.17) is 4.74 Å². The van der Waals surface area contributed by atoms with E-state index in [0.717, 1.165) is 11.0 Å². The largest absolute Gasteiger partial charge is 0.466 e. The third-order valence-electron chi connectivity index (χ3n) is 2.80. The fourth-order valence-electron chi connectivity index (χ4n) is 1.86. The molecule has 2 rings (SSSR count). The normalized spacial score (nSPS) is 12.6. The summed E-state index contributed by atoms with van der Waals surface area (Å²) in [6.45, 7) is 2.06. The molecule has 0 aliphatic heterocycles. The monoisotopic (exact) mass is 248 g/mol. The minimum Gasteiger partial charge on any atom is -0.466 e. The van der Waals surface area contributed by atoms with Crippen molar-refractivity contribution >= 4 is 17.0 Å². The van der Waals surface area contributed by atoms with E-state index in [1.807, 2.05) is 17.7 Å². The van der Waals surface area contributed by atoms with Crippen molar-refractivity contribution in [3.05, 3.63) is 30.1 Å². The molecule has 1 N–H and O–H groups in total. The maximum atomic E-state index is 11.3. The van der Waals surface area contributed by atoms with Crippen LogP contribution in [0.25, 0.3) is 11.0 Å². The Kier molecular flexibility index (Phi) is 3.62. The number of aromatic nitrogens is 2. The van der Waals surface area contributed by atoms with Crippen LogP contribution < -0.4 is 0 Å². The number of hydrogen-bond acceptors (Lipinski definition) is 4. The van der Waals surface area contributed by atoms with Gasteiger partial charge in [-0.25, -0.2) is 4.98 Å². The highest BCUT2D eigenvalue weighted by atomic mass is 16.5. The second kappa shape index (κ2) is 5.18. The number of carbonyl (C=O) groups excluding carboxylic acids is 1. The van der Waals surface area contributed by atoms with Crippen LogP contribution in [-0.4, -0.2) is 27.2 Å². The van der Waals surface area contributed by atoms with Crippen molar-refractivity contribution in [2.75, 3.05) is 6.61 Å². The molecule has 5 heteroatoms. The minimum absolute atomic E-state index is 0.0355. The summed E-state index contributed by atoms with van der Waals surface area (Å²) < 4.78 is 6.71. The zero-order valence-corrected chi connectivity index (χ0v) is 10.5. The minimum atomic E-state index is -0.851. The standard InChI is InChI=1S/C13H16N2O3/c1-3-18-13(17)7-12(16)9-4-5-11-10(6-9)14-8-15(11)2/h4-6,8,12,16H,3,7H2,1-2H3/t12-/m0/s1. The van der Waals surface area contributed by atoms with Crippen molar-refractivity contribution in [1.29, 1.82) is 0 Å². The molecule has 0 bridgehead atoms. The van der Waals surface area contributed by atoms with Crippen molar-refractivity contribution in [3.8, 4) is 0 Å². The van der Waals surface area contributed by atoms with E-state index in [9.17, 15) is 9.90 Å². The lowest BCUT2D eigenvalue weighted by Crippen LogP contribution is -2.10. The molecule has 0 saturated carbocycles. The van der Waals surface area contributed by atoms with Crippen LogP contribution in [0.3, 0.4) is 0 Å². The first kappa shape index (κ1) is 12.6. The van der Waals surface area contributed by atoms with Gasteiger partial charge in [-0.2, -0.15) is 0 Å². The second-order valence-corrected chi connectivity index (χ2v) is 4.13. The molecule has 5 nitrogen and oxygen atoms in total. The molecule has 1 aromatic carbocycles. The number of benzene rings is 1. The average molecular weight is 248 g/mol. The van der Waals surface area contributed by atoms with Gasteiger partial charge < -0.3 is 14.4 Å². The van der Waals surface area contributed by atoms with Crippen LogP contribution in [-0.2, 0) is 16.6 Å². The highest BCUT2D eigenvalue weighted by molar-refractivity contribution is 5.76. The van der Waals surface area contributed by atoms with Gasteiger partial charge in [0.1, 0.15) is 0 Å². The molecule has 1 aromatic heterocycles. The van der Waals surface area contributed by atoms with Crippen LogP contribution in [0.15, 0.2) is 24.5 Å². The van der Waals surface area contributed by atoms with Gasteiger partial charge in [-0.3, -0.25) is 4.79 Å². The molecule has 0 amide bonds. The summed E-state index contributed by atoms with van der Waals surface area (Å²) in [6.07, 6.45) is 0.827. The fourth-order valence-corrected chi connectivity index (χ4v) is 1.86. The van der Waals surface area contributed by atoms with Crippen LogP contribution >= 0.6 is 0 Å². The number of imidazole rings is 1. The molecule has 0 aliphatic carbocycles. The summed E-state index contributed by atoms with van der Waals surface area (Å²) in [6, 6.07) is 5.47. The molecule has 1 atom stereocenters. The first-order valence-corrected chi connectivity index (χ1v) is 5.86. The van der Waals surface area contributed by atoms with E-state index in [-0.39, 0.29) is 6.42 Å². The Morgan fingerprint density at radius 2 is 2.33 bits per heavy atom. The van der Waals surface area contributed by atoms with Gasteiger partial charge in [-0.05, 0) is 24.6 Å². The number of aliphatic hydroxyl groups excluding tert-OH is 1. The zero-order valence-electron chi connectivity index (χ0n) is 10.5. The lowest BCUT2D eigenvalue weighted by atomic mass is 10.1. The van der Waals surface area contributed by atoms with Crippen LogP contribution in [0.2, 0.25) is 0 Å². The van der Waals surface area contributed by atoms with Gasteiger partial charge >= 0.3 is 5.97 Å². The van der Waals surface area contributed by atoms with Gasteiger partial charge in [0, 0.05) is 7.05 Å². The predicted octanol–water partition coefficient (Wildman–Crippen LogP) is 1.56. The molecule has 18 heavy (non-hydrogen) atoms. The van der Waals surface area contributed by atoms with Crippen LogP contribution in [0.1, 0.15) is 25.0 Å². The Morgan fingerprint density at radius 1 is 1.56 bits per heavy atom. The van der Waals surface area contributed by atoms with E-state index < -0.39 is 12.1 Å². The number of hydrogen-bond donors (Lipinski definition) is 1. The topological polar surface area (TPSA) is 64.3 Å². The number of nitrogens with zero attached hydrogens (tertiary/aromatic N) is 2. The molecule has 1 heterocycles. The highest BCUT2D eigenvalue weighted by Crippen LogP contribution is 2.21. The lowest BCUT2D eigenvalue weighted by Gasteiger charge is -2.10. The smallest absolute Gasteiger partial charge is 0.308 e. The molecule has 0 unspecified atom stereocenters. The first-order chi connectivity index (χ1) is 8.61. The predicted molar refractivity (Wildman–Crippen MR) is 66.9 cm³/mol. The van der Waals surface area contributed by atoms with E-state index in [2.05, 4.69) is 4.98 Å². The van der Waals surface area contributed by atoms with Gasteiger partial charge in [0.25, 0.3) is 0 Å². The quantitative estimate of drug-likeness (QED) is 0.834. The number of carbonyl (C=O) groups is 1. The van der Waals surface area contributed by atoms with Crippen molar-refractivity contribution in [2.45, 2.75) is 19.4 Å². The Labute approximate surface area is 105 Å². The molecule has 0 saturated heterocycles. The third kappa shape index (κ3) is 2.51. The van der Waals surface area contributed by atoms with Crippen LogP contribution in [0.4, 0.5) is 0 Å². The van der Waals surface area contributed by atoms with Crippen LogP contribution in [0, 0.1) is 0 Å². The summed E-state index contributed by atoms with van der Waals surface area (Å²) >= 11 is 0. The molecule has 96 valence electrons. The second-order valence-electron chi connectivity index (χ2n) is 4.13. The van der Waals surface area contributed by atoms with Gasteiger partial charge in [-0.15, -0.1) is 0 Å². The Hall–Kier alpha value is -1.88. The number of aryl methyl sites for hydroxylation is 1. The molecular weight excluding hydrogens is 232 g/mol. The average Bonchev–Trinajstić information content (AvgIpc) is 2.71. The van der Waals surface area contributed by atoms with Gasteiger partial charge in [0.15, 0.2) is 0 Å². The van der Waals surface area contributed by atoms with Crippen molar-refractivity contribution in [1.82, 2.24) is 9.55 Å². The fraction of sp³-hybridized carbons (Fsp3) is 0.385. The summed E-state index contributed by atoms with van der Waals surface area (Å²) in [7, 11) is 1.91. The van der Waals surface area contributed by atoms with E-state index in [0.29, 0.717) is 12.2 Å². The van der Waals surface area contributed by atoms with E-state index in [1.54, 1.807) is 25.4 Å². The highest BCUT2D eigenvalue weighted by Gasteiger charge is 2.14. The Morgan fingerprint density at radius 3 is 3.06 bits per heavy atom. The molecular formula is C13H16N2O3. The zero-order chi connectivity index (χ0) is 13.1. The summed E-state index contributed by atoms with van der Waals surface area (Å²) in [5.41, 5.74) is 2.47. The van der Waals surface area contributed by atoms with Crippen molar-refractivity contribution in [2.24, 2.45) is 7.05 Å². The number of aliphatic hydroxyl groups is 1. The Bertz CT molecular complexity index is 562. The number of ether oxygens (including phenoxy) is 1.